The number of nitrogens with one attached hydrogen (secondary N) is 4. The minimum absolute atomic E-state index is 0.211. The van der Waals surface area contributed by atoms with Crippen LogP contribution in [-0.2, 0) is 78.5 Å². The van der Waals surface area contributed by atoms with E-state index < -0.39 is 0 Å². The number of thioether (sulfide) groups is 1. The molecule has 23 nitrogen and oxygen atoms in total. The van der Waals surface area contributed by atoms with E-state index in [0.29, 0.717) is 85.8 Å². The van der Waals surface area contributed by atoms with Gasteiger partial charge in [0.1, 0.15) is 71.1 Å². The SMILES string of the molecule is CN(C)Cc1ccc(-c2ccc(NCc3c(F)ccc4c3CCO4)c3cncnc23)cc1.CN(C)Cc1ccc(-c2ccc(NCc3cccc4c3CCO4)c3cncnc23)cc1.CSc1ncc2c(NCc3c(F)ccc4c3CCO4)ncc(-c3cc(C)nn3C)c2n1.Cc1cc(CN(C)C)ccc1-c1cnc(NCc2c(F)ccc3c2CCO3)c2cncnc12. The summed E-state index contributed by atoms with van der Waals surface area (Å²) in [6, 6.07) is 49.9. The number of hydrogen-bond acceptors (Lipinski definition) is 23. The number of aromatic nitrogens is 12. The summed E-state index contributed by atoms with van der Waals surface area (Å²) < 4.78 is 67.9. The lowest BCUT2D eigenvalue weighted by atomic mass is 9.98. The summed E-state index contributed by atoms with van der Waals surface area (Å²) in [6.07, 6.45) is 20.6. The number of nitrogens with zero attached hydrogens (tertiary/aromatic N) is 15. The Bertz CT molecular complexity index is 6740. The third-order valence-corrected chi connectivity index (χ3v) is 23.6. The summed E-state index contributed by atoms with van der Waals surface area (Å²) in [5, 5.41) is 22.2. The molecule has 4 aliphatic rings. The standard InChI is InChI=1S/C26H26FN5O.C26H25FN4O.C26H26N4O.C22H21FN6OS/c1-16-10-17(14-32(2)3)4-5-18(16)21-13-30-26(22-11-28-15-31-25(21)22)29-12-20-19-8-9-33-24(19)7-6-23(20)27;1-31(2)15-17-3-5-18(6-4-17)19-7-9-24(22-13-28-16-30-26(19)22)29-14-21-20-11-12-32-25(20)10-8-23(21)27;1-30(2)16-18-6-8-19(9-7-18)22-10-11-24(23-15-27-17-29-26(22)23)28-14-20-4-3-5-25-21(20)12-13-31-25;1-12-8-18(29(2)28-12)15-10-25-21(16-11-26-22(31-3)27-20(15)16)24-9-14-13-6-7-30-19(13)5-4-17(14)23/h4-7,10-11,13,15H,8-9,12,14H2,1-3H3,(H,29,30);3-10,13,16,29H,11-12,14-15H2,1-2H3;3-11,15,17,28H,12-14,16H2,1-2H3;4-5,8,10-11H,6-7,9H2,1-3H3,(H,24,25). The summed E-state index contributed by atoms with van der Waals surface area (Å²) in [5.41, 5.74) is 26.8. The third kappa shape index (κ3) is 19.0. The number of anilines is 4. The smallest absolute Gasteiger partial charge is 0.187 e. The number of benzene rings is 9. The second kappa shape index (κ2) is 38.4. The van der Waals surface area contributed by atoms with E-state index >= 15 is 0 Å². The predicted octanol–water partition coefficient (Wildman–Crippen LogP) is 18.8. The number of hydrogen-bond donors (Lipinski definition) is 4. The fourth-order valence-electron chi connectivity index (χ4n) is 17.0. The average molecular weight is 1720 g/mol. The molecule has 127 heavy (non-hydrogen) atoms. The van der Waals surface area contributed by atoms with Crippen LogP contribution in [0, 0.1) is 31.3 Å². The molecule has 27 heteroatoms. The lowest BCUT2D eigenvalue weighted by Gasteiger charge is -2.15. The van der Waals surface area contributed by atoms with E-state index in [1.807, 2.05) is 61.7 Å². The summed E-state index contributed by atoms with van der Waals surface area (Å²) in [5.74, 6) is 3.86. The zero-order valence-corrected chi connectivity index (χ0v) is 73.4. The van der Waals surface area contributed by atoms with Gasteiger partial charge in [0.05, 0.1) is 70.7 Å². The maximum absolute atomic E-state index is 14.6. The van der Waals surface area contributed by atoms with E-state index in [4.69, 9.17) is 23.9 Å². The maximum Gasteiger partial charge on any atom is 0.187 e. The minimum Gasteiger partial charge on any atom is -0.493 e. The summed E-state index contributed by atoms with van der Waals surface area (Å²) in [7, 11) is 14.3. The Labute approximate surface area is 739 Å². The second-order valence-corrected chi connectivity index (χ2v) is 33.4. The molecule has 9 aromatic carbocycles. The first-order valence-electron chi connectivity index (χ1n) is 42.3. The van der Waals surface area contributed by atoms with Crippen LogP contribution in [0.15, 0.2) is 213 Å². The van der Waals surface area contributed by atoms with Crippen molar-refractivity contribution < 1.29 is 32.1 Å². The van der Waals surface area contributed by atoms with Gasteiger partial charge < -0.3 is 54.9 Å². The Morgan fingerprint density at radius 3 is 1.31 bits per heavy atom. The maximum atomic E-state index is 14.6. The molecular weight excluding hydrogens is 1620 g/mol. The number of halogens is 3. The van der Waals surface area contributed by atoms with Gasteiger partial charge in [-0.15, -0.1) is 0 Å². The highest BCUT2D eigenvalue weighted by atomic mass is 32.2. The van der Waals surface area contributed by atoms with Crippen molar-refractivity contribution in [1.82, 2.24) is 74.3 Å². The number of pyridine rings is 2. The fourth-order valence-corrected chi connectivity index (χ4v) is 17.4. The van der Waals surface area contributed by atoms with E-state index in [1.54, 1.807) is 55.8 Å². The van der Waals surface area contributed by atoms with E-state index in [9.17, 15) is 13.2 Å². The highest BCUT2D eigenvalue weighted by Crippen LogP contribution is 2.41. The quantitative estimate of drug-likeness (QED) is 0.0344. The molecule has 0 aliphatic carbocycles. The van der Waals surface area contributed by atoms with Gasteiger partial charge in [0, 0.05) is 199 Å². The minimum atomic E-state index is -0.246. The van der Waals surface area contributed by atoms with Crippen LogP contribution in [0.25, 0.3) is 88.2 Å². The van der Waals surface area contributed by atoms with Crippen molar-refractivity contribution >= 4 is 78.4 Å². The monoisotopic (exact) mass is 1720 g/mol. The first-order chi connectivity index (χ1) is 61.8. The Balaban J connectivity index is 0.000000119. The number of fused-ring (bicyclic) bond motifs is 8. The van der Waals surface area contributed by atoms with Crippen molar-refractivity contribution in [2.75, 3.05) is 96.2 Å². The third-order valence-electron chi connectivity index (χ3n) is 23.0. The van der Waals surface area contributed by atoms with Gasteiger partial charge >= 0.3 is 0 Å². The molecule has 7 aromatic heterocycles. The zero-order chi connectivity index (χ0) is 87.8. The molecule has 0 saturated heterocycles. The molecule has 0 radical (unpaired) electrons. The van der Waals surface area contributed by atoms with Crippen LogP contribution in [0.1, 0.15) is 72.5 Å². The van der Waals surface area contributed by atoms with Crippen LogP contribution < -0.4 is 40.2 Å². The van der Waals surface area contributed by atoms with Gasteiger partial charge in [0.15, 0.2) is 5.16 Å². The highest BCUT2D eigenvalue weighted by Gasteiger charge is 2.26. The number of aryl methyl sites for hydroxylation is 3. The Morgan fingerprint density at radius 2 is 0.835 bits per heavy atom. The van der Waals surface area contributed by atoms with E-state index in [0.717, 1.165) is 191 Å². The molecule has 0 amide bonds. The van der Waals surface area contributed by atoms with Crippen molar-refractivity contribution in [1.29, 1.82) is 0 Å². The van der Waals surface area contributed by atoms with Gasteiger partial charge in [0.25, 0.3) is 0 Å². The van der Waals surface area contributed by atoms with Crippen LogP contribution in [0.3, 0.4) is 0 Å². The van der Waals surface area contributed by atoms with Crippen LogP contribution >= 0.6 is 11.8 Å². The van der Waals surface area contributed by atoms with Gasteiger partial charge in [-0.2, -0.15) is 5.10 Å². The zero-order valence-electron chi connectivity index (χ0n) is 72.6. The highest BCUT2D eigenvalue weighted by molar-refractivity contribution is 7.98. The first-order valence-corrected chi connectivity index (χ1v) is 43.5. The molecule has 0 fully saturated rings. The molecule has 4 aliphatic heterocycles. The molecule has 4 N–H and O–H groups in total. The molecule has 0 saturated carbocycles. The number of rotatable bonds is 23. The molecule has 644 valence electrons. The predicted molar refractivity (Wildman–Crippen MR) is 497 cm³/mol. The molecule has 0 bridgehead atoms. The Morgan fingerprint density at radius 1 is 0.402 bits per heavy atom. The van der Waals surface area contributed by atoms with Crippen molar-refractivity contribution in [2.24, 2.45) is 7.05 Å². The molecule has 16 aromatic rings. The molecule has 0 spiro atoms. The lowest BCUT2D eigenvalue weighted by Crippen LogP contribution is -2.10. The van der Waals surface area contributed by atoms with Crippen LogP contribution in [0.2, 0.25) is 0 Å². The lowest BCUT2D eigenvalue weighted by molar-refractivity contribution is 0.356. The van der Waals surface area contributed by atoms with Crippen LogP contribution in [0.4, 0.5) is 36.2 Å². The largest absolute Gasteiger partial charge is 0.493 e. The van der Waals surface area contributed by atoms with E-state index in [2.05, 4.69) is 232 Å². The van der Waals surface area contributed by atoms with Crippen LogP contribution in [-0.4, -0.2) is 149 Å². The summed E-state index contributed by atoms with van der Waals surface area (Å²) in [6.45, 7) is 11.0. The van der Waals surface area contributed by atoms with Gasteiger partial charge in [-0.1, -0.05) is 103 Å². The van der Waals surface area contributed by atoms with Gasteiger partial charge in [0.2, 0.25) is 0 Å². The Kier molecular flexibility index (Phi) is 25.8. The van der Waals surface area contributed by atoms with Crippen LogP contribution in [0.5, 0.6) is 23.0 Å². The van der Waals surface area contributed by atoms with Gasteiger partial charge in [-0.05, 0) is 168 Å². The van der Waals surface area contributed by atoms with Crippen molar-refractivity contribution in [3.63, 3.8) is 0 Å². The number of ether oxygens (including phenoxy) is 4. The van der Waals surface area contributed by atoms with Crippen molar-refractivity contribution in [3.8, 4) is 67.6 Å². The summed E-state index contributed by atoms with van der Waals surface area (Å²) >= 11 is 1.48. The van der Waals surface area contributed by atoms with Crippen molar-refractivity contribution in [3.05, 3.63) is 298 Å². The fraction of sp³-hybridized carbons (Fsp3) is 0.250. The Hall–Kier alpha value is -13.7. The van der Waals surface area contributed by atoms with Gasteiger partial charge in [-0.3, -0.25) is 4.68 Å². The molecule has 0 atom stereocenters. The van der Waals surface area contributed by atoms with Gasteiger partial charge in [-0.25, -0.2) is 63.0 Å². The average Bonchev–Trinajstić information content (AvgIpc) is 1.73. The molecule has 11 heterocycles. The van der Waals surface area contributed by atoms with E-state index in [1.165, 1.54) is 63.3 Å². The second-order valence-electron chi connectivity index (χ2n) is 32.6. The summed E-state index contributed by atoms with van der Waals surface area (Å²) in [4.78, 5) is 51.5. The normalized spacial score (nSPS) is 12.8. The first kappa shape index (κ1) is 85.4. The van der Waals surface area contributed by atoms with E-state index in [-0.39, 0.29) is 17.5 Å². The molecule has 0 unspecified atom stereocenters. The van der Waals surface area contributed by atoms with Crippen molar-refractivity contribution in [2.45, 2.75) is 90.5 Å². The topological polar surface area (TPSA) is 241 Å². The molecular formula is C100H98F3N19O4S. The molecule has 20 rings (SSSR count).